The smallest absolute Gasteiger partial charge is 0.299 e. The quantitative estimate of drug-likeness (QED) is 0.251. The molecule has 1 aliphatic heterocycles. The van der Waals surface area contributed by atoms with Gasteiger partial charge in [-0.2, -0.15) is 5.10 Å². The summed E-state index contributed by atoms with van der Waals surface area (Å²) in [7, 11) is 1.47. The number of aromatic nitrogens is 6. The second-order valence-electron chi connectivity index (χ2n) is 10.5. The van der Waals surface area contributed by atoms with Crippen molar-refractivity contribution in [3.8, 4) is 23.1 Å². The van der Waals surface area contributed by atoms with Gasteiger partial charge >= 0.3 is 0 Å². The van der Waals surface area contributed by atoms with Gasteiger partial charge in [-0.25, -0.2) is 33.2 Å². The Morgan fingerprint density at radius 3 is 2.67 bits per heavy atom. The highest BCUT2D eigenvalue weighted by atomic mass is 19.3. The lowest BCUT2D eigenvalue weighted by atomic mass is 9.89. The fourth-order valence-corrected chi connectivity index (χ4v) is 5.19. The summed E-state index contributed by atoms with van der Waals surface area (Å²) in [5.74, 6) is -1.54. The Morgan fingerprint density at radius 1 is 1.05 bits per heavy atom. The Balaban J connectivity index is 1.31. The van der Waals surface area contributed by atoms with E-state index in [1.807, 2.05) is 19.1 Å². The van der Waals surface area contributed by atoms with E-state index in [2.05, 4.69) is 35.7 Å². The summed E-state index contributed by atoms with van der Waals surface area (Å²) < 4.78 is 50.3. The number of halogens is 2. The van der Waals surface area contributed by atoms with Gasteiger partial charge in [0.2, 0.25) is 5.88 Å². The number of nitrogens with one attached hydrogen (secondary N) is 2. The first-order valence-electron chi connectivity index (χ1n) is 13.5. The average Bonchev–Trinajstić information content (AvgIpc) is 3.43. The second-order valence-corrected chi connectivity index (χ2v) is 10.5. The number of hydrogen-bond acceptors (Lipinski definition) is 10. The minimum Gasteiger partial charge on any atom is -0.493 e. The van der Waals surface area contributed by atoms with Gasteiger partial charge in [-0.05, 0) is 55.3 Å². The summed E-state index contributed by atoms with van der Waals surface area (Å²) >= 11 is 0. The maximum Gasteiger partial charge on any atom is 0.299 e. The van der Waals surface area contributed by atoms with Crippen LogP contribution in [0.15, 0.2) is 55.4 Å². The molecular formula is C29H30F2N8O3. The number of piperidine rings is 1. The van der Waals surface area contributed by atoms with Gasteiger partial charge in [-0.1, -0.05) is 13.8 Å². The highest BCUT2D eigenvalue weighted by Gasteiger charge is 2.52. The number of anilines is 2. The highest BCUT2D eigenvalue weighted by Crippen LogP contribution is 2.43. The summed E-state index contributed by atoms with van der Waals surface area (Å²) in [5, 5.41) is 10.7. The Morgan fingerprint density at radius 2 is 1.88 bits per heavy atom. The first-order valence-corrected chi connectivity index (χ1v) is 13.5. The van der Waals surface area contributed by atoms with Crippen LogP contribution in [0.4, 0.5) is 20.3 Å². The van der Waals surface area contributed by atoms with Crippen molar-refractivity contribution in [1.82, 2.24) is 34.9 Å². The van der Waals surface area contributed by atoms with Crippen LogP contribution >= 0.6 is 0 Å². The summed E-state index contributed by atoms with van der Waals surface area (Å²) in [4.78, 5) is 17.2. The number of aryl methyl sites for hydroxylation is 1. The second kappa shape index (κ2) is 11.0. The minimum atomic E-state index is -3.11. The maximum absolute atomic E-state index is 15.6. The zero-order valence-corrected chi connectivity index (χ0v) is 23.5. The van der Waals surface area contributed by atoms with E-state index in [4.69, 9.17) is 14.2 Å². The van der Waals surface area contributed by atoms with Gasteiger partial charge in [-0.3, -0.25) is 0 Å². The van der Waals surface area contributed by atoms with E-state index in [9.17, 15) is 0 Å². The van der Waals surface area contributed by atoms with Crippen molar-refractivity contribution in [2.75, 3.05) is 19.0 Å². The van der Waals surface area contributed by atoms with E-state index < -0.39 is 18.1 Å². The van der Waals surface area contributed by atoms with Gasteiger partial charge in [0.1, 0.15) is 30.5 Å². The molecule has 1 saturated heterocycles. The molecule has 218 valence electrons. The standard InChI is InChI=1S/C29H30F2N8O3/c1-16(2)27-29(30,31)22(9-10-32-27)42-26-21(40-4)8-6-19-25(26)28(35-13-33-19)38-18-5-7-20(17(3)11-18)41-24-12-23-34-14-37-39(23)15-36-24/h5-8,11-16,22,27,32H,9-10H2,1-4H3,(H,33,35,38)/t22?,27-/m1/s1. The zero-order valence-electron chi connectivity index (χ0n) is 23.5. The molecule has 1 aliphatic rings. The number of rotatable bonds is 8. The molecule has 11 nitrogen and oxygen atoms in total. The van der Waals surface area contributed by atoms with E-state index in [-0.39, 0.29) is 18.1 Å². The fourth-order valence-electron chi connectivity index (χ4n) is 5.19. The van der Waals surface area contributed by atoms with Gasteiger partial charge in [0.05, 0.1) is 24.1 Å². The fraction of sp³-hybridized carbons (Fsp3) is 0.345. The van der Waals surface area contributed by atoms with Crippen molar-refractivity contribution < 1.29 is 23.0 Å². The van der Waals surface area contributed by atoms with Crippen LogP contribution in [0.25, 0.3) is 16.6 Å². The van der Waals surface area contributed by atoms with E-state index in [0.717, 1.165) is 5.56 Å². The Bertz CT molecular complexity index is 1750. The first-order chi connectivity index (χ1) is 20.2. The summed E-state index contributed by atoms with van der Waals surface area (Å²) in [6.07, 6.45) is 3.15. The van der Waals surface area contributed by atoms with Crippen LogP contribution in [0.3, 0.4) is 0 Å². The Hall–Kier alpha value is -4.65. The molecule has 1 unspecified atom stereocenters. The van der Waals surface area contributed by atoms with E-state index in [1.54, 1.807) is 42.6 Å². The normalized spacial score (nSPS) is 18.4. The van der Waals surface area contributed by atoms with Gasteiger partial charge in [0.25, 0.3) is 5.92 Å². The summed E-state index contributed by atoms with van der Waals surface area (Å²) in [6, 6.07) is 9.59. The lowest BCUT2D eigenvalue weighted by molar-refractivity contribution is -0.147. The SMILES string of the molecule is COc1ccc2ncnc(Nc3ccc(Oc4cc5ncnn5cn4)c(C)c3)c2c1OC1CCN[C@H](C(C)C)C1(F)F. The minimum absolute atomic E-state index is 0.131. The first kappa shape index (κ1) is 27.5. The van der Waals surface area contributed by atoms with Crippen LogP contribution in [-0.4, -0.2) is 61.3 Å². The zero-order chi connectivity index (χ0) is 29.4. The van der Waals surface area contributed by atoms with Crippen LogP contribution in [-0.2, 0) is 0 Å². The van der Waals surface area contributed by atoms with Crippen LogP contribution in [0.2, 0.25) is 0 Å². The number of nitrogens with zero attached hydrogens (tertiary/aromatic N) is 6. The number of fused-ring (bicyclic) bond motifs is 2. The molecular weight excluding hydrogens is 546 g/mol. The van der Waals surface area contributed by atoms with Crippen molar-refractivity contribution in [3.05, 3.63) is 60.9 Å². The van der Waals surface area contributed by atoms with Crippen molar-refractivity contribution in [2.24, 2.45) is 5.92 Å². The van der Waals surface area contributed by atoms with Gasteiger partial charge in [-0.15, -0.1) is 0 Å². The molecule has 1 fully saturated rings. The van der Waals surface area contributed by atoms with Crippen molar-refractivity contribution in [1.29, 1.82) is 0 Å². The monoisotopic (exact) mass is 576 g/mol. The maximum atomic E-state index is 15.6. The molecule has 0 aliphatic carbocycles. The van der Waals surface area contributed by atoms with Gasteiger partial charge < -0.3 is 24.8 Å². The van der Waals surface area contributed by atoms with Crippen molar-refractivity contribution in [3.63, 3.8) is 0 Å². The predicted molar refractivity (Wildman–Crippen MR) is 152 cm³/mol. The number of methoxy groups -OCH3 is 1. The molecule has 2 atom stereocenters. The molecule has 2 N–H and O–H groups in total. The Kier molecular flexibility index (Phi) is 7.19. The molecule has 42 heavy (non-hydrogen) atoms. The molecule has 0 spiro atoms. The summed E-state index contributed by atoms with van der Waals surface area (Å²) in [6.45, 7) is 5.85. The van der Waals surface area contributed by atoms with Gasteiger partial charge in [0.15, 0.2) is 23.3 Å². The number of ether oxygens (including phenoxy) is 3. The van der Waals surface area contributed by atoms with Crippen LogP contribution in [0, 0.1) is 12.8 Å². The van der Waals surface area contributed by atoms with E-state index in [0.29, 0.717) is 52.0 Å². The molecule has 3 aromatic heterocycles. The molecule has 6 rings (SSSR count). The molecule has 13 heteroatoms. The molecule has 2 aromatic carbocycles. The highest BCUT2D eigenvalue weighted by molar-refractivity contribution is 5.97. The summed E-state index contributed by atoms with van der Waals surface area (Å²) in [5.41, 5.74) is 2.65. The van der Waals surface area contributed by atoms with Crippen LogP contribution in [0.5, 0.6) is 23.1 Å². The third kappa shape index (κ3) is 5.11. The topological polar surface area (TPSA) is 121 Å². The molecule has 5 aromatic rings. The lowest BCUT2D eigenvalue weighted by Gasteiger charge is -2.40. The third-order valence-electron chi connectivity index (χ3n) is 7.28. The number of hydrogen-bond donors (Lipinski definition) is 2. The van der Waals surface area contributed by atoms with Crippen LogP contribution < -0.4 is 24.8 Å². The number of benzene rings is 2. The molecule has 0 bridgehead atoms. The largest absolute Gasteiger partial charge is 0.493 e. The molecule has 0 saturated carbocycles. The number of alkyl halides is 2. The van der Waals surface area contributed by atoms with Crippen LogP contribution in [0.1, 0.15) is 25.8 Å². The van der Waals surface area contributed by atoms with Gasteiger partial charge in [0, 0.05) is 18.2 Å². The Labute approximate surface area is 240 Å². The average molecular weight is 577 g/mol. The predicted octanol–water partition coefficient (Wildman–Crippen LogP) is 5.32. The van der Waals surface area contributed by atoms with E-state index in [1.165, 1.54) is 26.1 Å². The lowest BCUT2D eigenvalue weighted by Crippen LogP contribution is -2.61. The van der Waals surface area contributed by atoms with E-state index >= 15 is 8.78 Å². The molecule has 4 heterocycles. The third-order valence-corrected chi connectivity index (χ3v) is 7.28. The molecule has 0 amide bonds. The molecule has 0 radical (unpaired) electrons. The van der Waals surface area contributed by atoms with Crippen molar-refractivity contribution >= 4 is 28.1 Å². The van der Waals surface area contributed by atoms with Crippen molar-refractivity contribution in [2.45, 2.75) is 45.3 Å².